The van der Waals surface area contributed by atoms with E-state index in [2.05, 4.69) is 13.5 Å². The highest BCUT2D eigenvalue weighted by Gasteiger charge is 2.02. The Bertz CT molecular complexity index is 402. The van der Waals surface area contributed by atoms with Gasteiger partial charge in [0, 0.05) is 5.57 Å². The number of rotatable bonds is 27. The van der Waals surface area contributed by atoms with Gasteiger partial charge in [-0.3, -0.25) is 0 Å². The van der Waals surface area contributed by atoms with Gasteiger partial charge in [0.05, 0.1) is 0 Å². The van der Waals surface area contributed by atoms with E-state index in [-0.39, 0.29) is 0 Å². The third-order valence-corrected chi connectivity index (χ3v) is 6.88. The van der Waals surface area contributed by atoms with Gasteiger partial charge in [0.25, 0.3) is 0 Å². The van der Waals surface area contributed by atoms with E-state index in [1.807, 2.05) is 0 Å². The summed E-state index contributed by atoms with van der Waals surface area (Å²) in [6.07, 6.45) is 35.5. The van der Waals surface area contributed by atoms with Gasteiger partial charge in [0.15, 0.2) is 0 Å². The highest BCUT2D eigenvalue weighted by Crippen LogP contribution is 2.16. The van der Waals surface area contributed by atoms with Crippen molar-refractivity contribution in [3.8, 4) is 0 Å². The minimum atomic E-state index is -0.839. The molecular formula is C30H58O2. The van der Waals surface area contributed by atoms with Gasteiger partial charge in [-0.15, -0.1) is 0 Å². The van der Waals surface area contributed by atoms with Crippen LogP contribution in [0.1, 0.15) is 174 Å². The number of aliphatic carboxylic acids is 1. The van der Waals surface area contributed by atoms with Crippen LogP contribution in [0.5, 0.6) is 0 Å². The fourth-order valence-corrected chi connectivity index (χ4v) is 4.58. The number of carboxylic acids is 1. The maximum atomic E-state index is 10.7. The fourth-order valence-electron chi connectivity index (χ4n) is 4.58. The first-order chi connectivity index (χ1) is 15.7. The lowest BCUT2D eigenvalue weighted by Crippen LogP contribution is -1.98. The summed E-state index contributed by atoms with van der Waals surface area (Å²) in [6, 6.07) is 0. The van der Waals surface area contributed by atoms with Gasteiger partial charge in [-0.05, 0) is 12.8 Å². The number of carbonyl (C=O) groups is 1. The van der Waals surface area contributed by atoms with E-state index in [4.69, 9.17) is 5.11 Å². The van der Waals surface area contributed by atoms with E-state index in [1.54, 1.807) is 0 Å². The van der Waals surface area contributed by atoms with E-state index < -0.39 is 5.97 Å². The topological polar surface area (TPSA) is 37.3 Å². The lowest BCUT2D eigenvalue weighted by molar-refractivity contribution is -0.132. The lowest BCUT2D eigenvalue weighted by Gasteiger charge is -2.04. The summed E-state index contributed by atoms with van der Waals surface area (Å²) in [6.45, 7) is 5.88. The SMILES string of the molecule is C=C(CCCCCCCCCCCCCCCCCCCCCCCCCCC)C(=O)O. The maximum absolute atomic E-state index is 10.7. The van der Waals surface area contributed by atoms with E-state index in [0.717, 1.165) is 12.8 Å². The largest absolute Gasteiger partial charge is 0.478 e. The molecule has 0 fully saturated rings. The van der Waals surface area contributed by atoms with E-state index in [9.17, 15) is 4.79 Å². The van der Waals surface area contributed by atoms with Crippen LogP contribution in [0.15, 0.2) is 12.2 Å². The molecule has 0 bridgehead atoms. The van der Waals surface area contributed by atoms with Gasteiger partial charge >= 0.3 is 5.97 Å². The lowest BCUT2D eigenvalue weighted by atomic mass is 10.0. The van der Waals surface area contributed by atoms with Gasteiger partial charge in [-0.2, -0.15) is 0 Å². The molecule has 2 heteroatoms. The minimum Gasteiger partial charge on any atom is -0.478 e. The molecule has 0 saturated carbocycles. The van der Waals surface area contributed by atoms with Crippen LogP contribution in [0.3, 0.4) is 0 Å². The Morgan fingerprint density at radius 2 is 0.688 bits per heavy atom. The predicted molar refractivity (Wildman–Crippen MR) is 142 cm³/mol. The summed E-state index contributed by atoms with van der Waals surface area (Å²) >= 11 is 0. The Balaban J connectivity index is 3.05. The second-order valence-electron chi connectivity index (χ2n) is 10.1. The van der Waals surface area contributed by atoms with Crippen molar-refractivity contribution in [3.05, 3.63) is 12.2 Å². The Kier molecular flexibility index (Phi) is 25.8. The van der Waals surface area contributed by atoms with Crippen molar-refractivity contribution in [3.63, 3.8) is 0 Å². The quantitative estimate of drug-likeness (QED) is 0.0997. The molecule has 0 spiro atoms. The van der Waals surface area contributed by atoms with E-state index >= 15 is 0 Å². The van der Waals surface area contributed by atoms with Crippen molar-refractivity contribution in [1.29, 1.82) is 0 Å². The van der Waals surface area contributed by atoms with Crippen LogP contribution < -0.4 is 0 Å². The molecule has 0 aromatic carbocycles. The van der Waals surface area contributed by atoms with Crippen LogP contribution >= 0.6 is 0 Å². The van der Waals surface area contributed by atoms with Gasteiger partial charge in [-0.25, -0.2) is 4.79 Å². The molecule has 190 valence electrons. The summed E-state index contributed by atoms with van der Waals surface area (Å²) in [7, 11) is 0. The average molecular weight is 451 g/mol. The molecule has 0 aliphatic heterocycles. The summed E-state index contributed by atoms with van der Waals surface area (Å²) in [4.78, 5) is 10.7. The summed E-state index contributed by atoms with van der Waals surface area (Å²) in [5.41, 5.74) is 0.360. The zero-order valence-electron chi connectivity index (χ0n) is 21.9. The first-order valence-corrected chi connectivity index (χ1v) is 14.6. The van der Waals surface area contributed by atoms with Crippen LogP contribution in [0.2, 0.25) is 0 Å². The van der Waals surface area contributed by atoms with E-state index in [1.165, 1.54) is 148 Å². The summed E-state index contributed by atoms with van der Waals surface area (Å²) in [5, 5.41) is 8.77. The molecule has 1 N–H and O–H groups in total. The molecule has 0 aliphatic rings. The Hall–Kier alpha value is -0.790. The van der Waals surface area contributed by atoms with Crippen LogP contribution in [-0.4, -0.2) is 11.1 Å². The molecule has 0 atom stereocenters. The Morgan fingerprint density at radius 1 is 0.469 bits per heavy atom. The molecule has 0 rings (SSSR count). The van der Waals surface area contributed by atoms with Crippen LogP contribution in [-0.2, 0) is 4.79 Å². The Labute approximate surface area is 202 Å². The highest BCUT2D eigenvalue weighted by molar-refractivity contribution is 5.85. The second kappa shape index (κ2) is 26.5. The van der Waals surface area contributed by atoms with Crippen molar-refractivity contribution < 1.29 is 9.90 Å². The third kappa shape index (κ3) is 25.5. The van der Waals surface area contributed by atoms with Crippen molar-refractivity contribution in [2.24, 2.45) is 0 Å². The van der Waals surface area contributed by atoms with Gasteiger partial charge in [0.1, 0.15) is 0 Å². The first kappa shape index (κ1) is 31.2. The zero-order chi connectivity index (χ0) is 23.5. The van der Waals surface area contributed by atoms with Crippen LogP contribution in [0.25, 0.3) is 0 Å². The second-order valence-corrected chi connectivity index (χ2v) is 10.1. The molecule has 0 aromatic rings. The highest BCUT2D eigenvalue weighted by atomic mass is 16.4. The molecule has 0 unspecified atom stereocenters. The molecular weight excluding hydrogens is 392 g/mol. The van der Waals surface area contributed by atoms with Crippen LogP contribution in [0.4, 0.5) is 0 Å². The van der Waals surface area contributed by atoms with E-state index in [0.29, 0.717) is 12.0 Å². The van der Waals surface area contributed by atoms with Crippen molar-refractivity contribution in [1.82, 2.24) is 0 Å². The maximum Gasteiger partial charge on any atom is 0.330 e. The first-order valence-electron chi connectivity index (χ1n) is 14.6. The van der Waals surface area contributed by atoms with Crippen molar-refractivity contribution in [2.75, 3.05) is 0 Å². The number of unbranched alkanes of at least 4 members (excludes halogenated alkanes) is 24. The molecule has 2 nitrogen and oxygen atoms in total. The number of hydrogen-bond donors (Lipinski definition) is 1. The molecule has 0 aromatic heterocycles. The normalized spacial score (nSPS) is 11.2. The molecule has 32 heavy (non-hydrogen) atoms. The summed E-state index contributed by atoms with van der Waals surface area (Å²) in [5.74, 6) is -0.839. The van der Waals surface area contributed by atoms with Crippen molar-refractivity contribution in [2.45, 2.75) is 174 Å². The fraction of sp³-hybridized carbons (Fsp3) is 0.900. The predicted octanol–water partition coefficient (Wildman–Crippen LogP) is 10.8. The molecule has 0 heterocycles. The average Bonchev–Trinajstić information content (AvgIpc) is 2.78. The van der Waals surface area contributed by atoms with Gasteiger partial charge in [0.2, 0.25) is 0 Å². The molecule has 0 aliphatic carbocycles. The van der Waals surface area contributed by atoms with Crippen LogP contribution in [0, 0.1) is 0 Å². The smallest absolute Gasteiger partial charge is 0.330 e. The molecule has 0 radical (unpaired) electrons. The minimum absolute atomic E-state index is 0.360. The van der Waals surface area contributed by atoms with Gasteiger partial charge in [-0.1, -0.05) is 168 Å². The third-order valence-electron chi connectivity index (χ3n) is 6.88. The van der Waals surface area contributed by atoms with Gasteiger partial charge < -0.3 is 5.11 Å². The summed E-state index contributed by atoms with van der Waals surface area (Å²) < 4.78 is 0. The standard InChI is InChI=1S/C30H58O2/c1-3-4-5-6-7-8-9-10-11-12-13-14-15-16-17-18-19-20-21-22-23-24-25-26-27-28-29(2)30(31)32/h2-28H2,1H3,(H,31,32). The zero-order valence-corrected chi connectivity index (χ0v) is 21.9. The number of hydrogen-bond acceptors (Lipinski definition) is 1. The Morgan fingerprint density at radius 3 is 0.906 bits per heavy atom. The number of carboxylic acid groups (broad SMARTS) is 1. The monoisotopic (exact) mass is 450 g/mol. The van der Waals surface area contributed by atoms with Crippen molar-refractivity contribution >= 4 is 5.97 Å². The molecule has 0 amide bonds. The molecule has 0 saturated heterocycles.